The Hall–Kier alpha value is -2.69. The Morgan fingerprint density at radius 3 is 2.29 bits per heavy atom. The zero-order valence-electron chi connectivity index (χ0n) is 13.5. The van der Waals surface area contributed by atoms with Crippen LogP contribution in [-0.4, -0.2) is 32.8 Å². The predicted molar refractivity (Wildman–Crippen MR) is 88.2 cm³/mol. The third kappa shape index (κ3) is 3.62. The topological polar surface area (TPSA) is 87.5 Å². The van der Waals surface area contributed by atoms with Crippen molar-refractivity contribution in [1.29, 1.82) is 5.26 Å². The first-order valence-electron chi connectivity index (χ1n) is 7.01. The Bertz CT molecular complexity index is 911. The van der Waals surface area contributed by atoms with Crippen molar-refractivity contribution >= 4 is 16.0 Å². The molecule has 0 N–H and O–H groups in total. The van der Waals surface area contributed by atoms with E-state index >= 15 is 0 Å². The fourth-order valence-corrected chi connectivity index (χ4v) is 2.88. The van der Waals surface area contributed by atoms with Gasteiger partial charge in [0.1, 0.15) is 5.75 Å². The summed E-state index contributed by atoms with van der Waals surface area (Å²) in [5.74, 6) is -0.382. The van der Waals surface area contributed by atoms with Gasteiger partial charge in [-0.15, -0.1) is 0 Å². The van der Waals surface area contributed by atoms with E-state index in [1.807, 2.05) is 6.07 Å². The Labute approximate surface area is 141 Å². The summed E-state index contributed by atoms with van der Waals surface area (Å²) in [6.45, 7) is 1.70. The first-order chi connectivity index (χ1) is 11.3. The first kappa shape index (κ1) is 17.7. The Morgan fingerprint density at radius 1 is 1.12 bits per heavy atom. The maximum Gasteiger partial charge on any atom is 0.343 e. The summed E-state index contributed by atoms with van der Waals surface area (Å²) in [7, 11) is -0.801. The van der Waals surface area contributed by atoms with Gasteiger partial charge in [-0.05, 0) is 48.9 Å². The second-order valence-corrected chi connectivity index (χ2v) is 7.44. The monoisotopic (exact) mass is 344 g/mol. The van der Waals surface area contributed by atoms with Gasteiger partial charge in [0, 0.05) is 14.1 Å². The minimum atomic E-state index is -3.64. The molecule has 0 aliphatic carbocycles. The summed E-state index contributed by atoms with van der Waals surface area (Å²) < 4.78 is 30.7. The molecule has 124 valence electrons. The smallest absolute Gasteiger partial charge is 0.343 e. The molecule has 0 aromatic heterocycles. The number of carbonyl (C=O) groups is 1. The van der Waals surface area contributed by atoms with Gasteiger partial charge in [-0.25, -0.2) is 17.5 Å². The summed E-state index contributed by atoms with van der Waals surface area (Å²) in [6.07, 6.45) is 0. The summed E-state index contributed by atoms with van der Waals surface area (Å²) >= 11 is 0. The first-order valence-corrected chi connectivity index (χ1v) is 8.45. The molecule has 0 aliphatic rings. The number of aryl methyl sites for hydroxylation is 1. The van der Waals surface area contributed by atoms with E-state index in [2.05, 4.69) is 0 Å². The number of nitrogens with zero attached hydrogens (tertiary/aromatic N) is 2. The van der Waals surface area contributed by atoms with Gasteiger partial charge in [-0.3, -0.25) is 0 Å². The highest BCUT2D eigenvalue weighted by atomic mass is 32.2. The van der Waals surface area contributed by atoms with Crippen molar-refractivity contribution in [2.75, 3.05) is 14.1 Å². The highest BCUT2D eigenvalue weighted by molar-refractivity contribution is 7.89. The number of ether oxygens (including phenoxy) is 1. The molecule has 2 aromatic rings. The van der Waals surface area contributed by atoms with Crippen molar-refractivity contribution < 1.29 is 17.9 Å². The van der Waals surface area contributed by atoms with Crippen LogP contribution in [0.15, 0.2) is 47.4 Å². The molecule has 0 aliphatic heterocycles. The van der Waals surface area contributed by atoms with Crippen molar-refractivity contribution in [1.82, 2.24) is 4.31 Å². The number of esters is 1. The standard InChI is InChI=1S/C17H16N2O4S/c1-12-4-9-15(24(21,22)19(2)3)10-16(12)17(20)23-14-7-5-13(11-18)6-8-14/h4-10H,1-3H3. The number of rotatable bonds is 4. The SMILES string of the molecule is Cc1ccc(S(=O)(=O)N(C)C)cc1C(=O)Oc1ccc(C#N)cc1. The van der Waals surface area contributed by atoms with Gasteiger partial charge >= 0.3 is 5.97 Å². The molecule has 24 heavy (non-hydrogen) atoms. The molecule has 0 heterocycles. The molecule has 0 bridgehead atoms. The molecule has 0 unspecified atom stereocenters. The zero-order valence-corrected chi connectivity index (χ0v) is 14.3. The van der Waals surface area contributed by atoms with Gasteiger partial charge in [0.25, 0.3) is 0 Å². The molecule has 0 saturated carbocycles. The van der Waals surface area contributed by atoms with Crippen LogP contribution < -0.4 is 4.74 Å². The van der Waals surface area contributed by atoms with E-state index in [0.717, 1.165) is 4.31 Å². The van der Waals surface area contributed by atoms with E-state index in [4.69, 9.17) is 10.00 Å². The van der Waals surface area contributed by atoms with Crippen molar-refractivity contribution in [3.63, 3.8) is 0 Å². The summed E-state index contributed by atoms with van der Waals surface area (Å²) in [4.78, 5) is 12.4. The highest BCUT2D eigenvalue weighted by Crippen LogP contribution is 2.20. The molecule has 2 rings (SSSR count). The molecule has 0 atom stereocenters. The van der Waals surface area contributed by atoms with Gasteiger partial charge in [-0.1, -0.05) is 6.07 Å². The number of carbonyl (C=O) groups excluding carboxylic acids is 1. The van der Waals surface area contributed by atoms with Gasteiger partial charge in [0.05, 0.1) is 22.1 Å². The van der Waals surface area contributed by atoms with Crippen molar-refractivity contribution in [2.24, 2.45) is 0 Å². The van der Waals surface area contributed by atoms with Gasteiger partial charge in [0.15, 0.2) is 0 Å². The van der Waals surface area contributed by atoms with Crippen LogP contribution in [0.2, 0.25) is 0 Å². The molecule has 7 heteroatoms. The van der Waals surface area contributed by atoms with E-state index < -0.39 is 16.0 Å². The molecular formula is C17H16N2O4S. The van der Waals surface area contributed by atoms with E-state index in [-0.39, 0.29) is 16.2 Å². The molecule has 0 radical (unpaired) electrons. The second kappa shape index (κ2) is 6.83. The van der Waals surface area contributed by atoms with E-state index in [0.29, 0.717) is 11.1 Å². The molecule has 2 aromatic carbocycles. The van der Waals surface area contributed by atoms with E-state index in [1.54, 1.807) is 13.0 Å². The fourth-order valence-electron chi connectivity index (χ4n) is 1.95. The zero-order chi connectivity index (χ0) is 17.9. The van der Waals surface area contributed by atoms with Crippen molar-refractivity contribution in [2.45, 2.75) is 11.8 Å². The average Bonchev–Trinajstić information content (AvgIpc) is 2.55. The van der Waals surface area contributed by atoms with Crippen LogP contribution in [0.4, 0.5) is 0 Å². The van der Waals surface area contributed by atoms with Crippen LogP contribution in [0.3, 0.4) is 0 Å². The molecule has 0 amide bonds. The molecule has 0 saturated heterocycles. The normalized spacial score (nSPS) is 11.1. The minimum Gasteiger partial charge on any atom is -0.423 e. The average molecular weight is 344 g/mol. The summed E-state index contributed by atoms with van der Waals surface area (Å²) in [6, 6.07) is 12.4. The Balaban J connectivity index is 2.33. The maximum absolute atomic E-state index is 12.3. The van der Waals surface area contributed by atoms with Gasteiger partial charge < -0.3 is 4.74 Å². The third-order valence-corrected chi connectivity index (χ3v) is 5.21. The predicted octanol–water partition coefficient (Wildman–Crippen LogP) is 2.34. The lowest BCUT2D eigenvalue weighted by Gasteiger charge is -2.13. The Kier molecular flexibility index (Phi) is 5.02. The number of sulfonamides is 1. The lowest BCUT2D eigenvalue weighted by molar-refractivity contribution is 0.0733. The minimum absolute atomic E-state index is 0.0184. The Morgan fingerprint density at radius 2 is 1.75 bits per heavy atom. The quantitative estimate of drug-likeness (QED) is 0.627. The number of hydrogen-bond acceptors (Lipinski definition) is 5. The number of benzene rings is 2. The van der Waals surface area contributed by atoms with Crippen LogP contribution in [0.1, 0.15) is 21.5 Å². The third-order valence-electron chi connectivity index (χ3n) is 3.40. The van der Waals surface area contributed by atoms with E-state index in [9.17, 15) is 13.2 Å². The molecule has 0 fully saturated rings. The largest absolute Gasteiger partial charge is 0.423 e. The van der Waals surface area contributed by atoms with Crippen LogP contribution in [0, 0.1) is 18.3 Å². The van der Waals surface area contributed by atoms with Gasteiger partial charge in [0.2, 0.25) is 10.0 Å². The molecular weight excluding hydrogens is 328 g/mol. The number of hydrogen-bond donors (Lipinski definition) is 0. The van der Waals surface area contributed by atoms with Crippen LogP contribution in [-0.2, 0) is 10.0 Å². The van der Waals surface area contributed by atoms with Crippen LogP contribution in [0.25, 0.3) is 0 Å². The summed E-state index contributed by atoms with van der Waals surface area (Å²) in [5.41, 5.74) is 1.22. The summed E-state index contributed by atoms with van der Waals surface area (Å²) in [5, 5.41) is 8.76. The lowest BCUT2D eigenvalue weighted by atomic mass is 10.1. The maximum atomic E-state index is 12.3. The van der Waals surface area contributed by atoms with Crippen LogP contribution >= 0.6 is 0 Å². The fraction of sp³-hybridized carbons (Fsp3) is 0.176. The lowest BCUT2D eigenvalue weighted by Crippen LogP contribution is -2.23. The van der Waals surface area contributed by atoms with E-state index in [1.165, 1.54) is 50.5 Å². The second-order valence-electron chi connectivity index (χ2n) is 5.29. The van der Waals surface area contributed by atoms with Gasteiger partial charge in [-0.2, -0.15) is 5.26 Å². The number of nitriles is 1. The molecule has 6 nitrogen and oxygen atoms in total. The highest BCUT2D eigenvalue weighted by Gasteiger charge is 2.21. The van der Waals surface area contributed by atoms with Crippen molar-refractivity contribution in [3.05, 3.63) is 59.2 Å². The van der Waals surface area contributed by atoms with Crippen LogP contribution in [0.5, 0.6) is 5.75 Å². The van der Waals surface area contributed by atoms with Crippen molar-refractivity contribution in [3.8, 4) is 11.8 Å². The molecule has 0 spiro atoms.